The lowest BCUT2D eigenvalue weighted by molar-refractivity contribution is 0.411. The Hall–Kier alpha value is -1.96. The SMILES string of the molecule is CN=C(NCc1ccc(OC)c(C)c1)NC1CCN(c2ccccc2)C1.I. The van der Waals surface area contributed by atoms with E-state index in [2.05, 4.69) is 69.9 Å². The first-order valence-corrected chi connectivity index (χ1v) is 9.10. The third kappa shape index (κ3) is 5.76. The van der Waals surface area contributed by atoms with E-state index >= 15 is 0 Å². The summed E-state index contributed by atoms with van der Waals surface area (Å²) in [4.78, 5) is 6.79. The van der Waals surface area contributed by atoms with E-state index in [4.69, 9.17) is 4.74 Å². The zero-order valence-corrected chi connectivity index (χ0v) is 18.6. The predicted octanol–water partition coefficient (Wildman–Crippen LogP) is 3.57. The van der Waals surface area contributed by atoms with E-state index in [9.17, 15) is 0 Å². The number of aliphatic imine (C=N–C) groups is 1. The summed E-state index contributed by atoms with van der Waals surface area (Å²) in [5, 5.41) is 6.96. The van der Waals surface area contributed by atoms with Crippen LogP contribution in [0.2, 0.25) is 0 Å². The van der Waals surface area contributed by atoms with Crippen molar-refractivity contribution in [2.75, 3.05) is 32.1 Å². The lowest BCUT2D eigenvalue weighted by Crippen LogP contribution is -2.44. The second-order valence-electron chi connectivity index (χ2n) is 6.64. The number of nitrogens with one attached hydrogen (secondary N) is 2. The summed E-state index contributed by atoms with van der Waals surface area (Å²) < 4.78 is 5.32. The zero-order chi connectivity index (χ0) is 18.4. The highest BCUT2D eigenvalue weighted by Gasteiger charge is 2.23. The largest absolute Gasteiger partial charge is 0.496 e. The number of halogens is 1. The molecule has 1 aliphatic heterocycles. The number of nitrogens with zero attached hydrogens (tertiary/aromatic N) is 2. The van der Waals surface area contributed by atoms with Gasteiger partial charge in [-0.05, 0) is 42.7 Å². The molecule has 27 heavy (non-hydrogen) atoms. The summed E-state index contributed by atoms with van der Waals surface area (Å²) in [7, 11) is 3.52. The minimum absolute atomic E-state index is 0. The van der Waals surface area contributed by atoms with Crippen LogP contribution in [0.15, 0.2) is 53.5 Å². The molecule has 0 aliphatic carbocycles. The summed E-state index contributed by atoms with van der Waals surface area (Å²) in [6, 6.07) is 17.2. The monoisotopic (exact) mass is 480 g/mol. The molecule has 1 heterocycles. The maximum Gasteiger partial charge on any atom is 0.191 e. The Morgan fingerprint density at radius 3 is 2.67 bits per heavy atom. The standard InChI is InChI=1S/C21H28N4O.HI/c1-16-13-17(9-10-20(16)26-3)14-23-21(22-2)24-18-11-12-25(15-18)19-7-5-4-6-8-19;/h4-10,13,18H,11-12,14-15H2,1-3H3,(H2,22,23,24);1H. The smallest absolute Gasteiger partial charge is 0.191 e. The minimum Gasteiger partial charge on any atom is -0.496 e. The number of hydrogen-bond donors (Lipinski definition) is 2. The Morgan fingerprint density at radius 1 is 1.22 bits per heavy atom. The molecular weight excluding hydrogens is 451 g/mol. The topological polar surface area (TPSA) is 48.9 Å². The molecule has 5 nitrogen and oxygen atoms in total. The van der Waals surface area contributed by atoms with Gasteiger partial charge in [-0.15, -0.1) is 24.0 Å². The van der Waals surface area contributed by atoms with Gasteiger partial charge in [0.15, 0.2) is 5.96 Å². The van der Waals surface area contributed by atoms with E-state index < -0.39 is 0 Å². The number of guanidine groups is 1. The van der Waals surface area contributed by atoms with Crippen LogP contribution < -0.4 is 20.3 Å². The van der Waals surface area contributed by atoms with E-state index in [0.29, 0.717) is 6.04 Å². The van der Waals surface area contributed by atoms with Gasteiger partial charge in [0, 0.05) is 38.4 Å². The average molecular weight is 480 g/mol. The van der Waals surface area contributed by atoms with E-state index in [0.717, 1.165) is 43.3 Å². The average Bonchev–Trinajstić information content (AvgIpc) is 3.14. The summed E-state index contributed by atoms with van der Waals surface area (Å²) >= 11 is 0. The highest BCUT2D eigenvalue weighted by molar-refractivity contribution is 14.0. The van der Waals surface area contributed by atoms with Crippen molar-refractivity contribution < 1.29 is 4.74 Å². The number of benzene rings is 2. The number of rotatable bonds is 5. The van der Waals surface area contributed by atoms with Crippen molar-refractivity contribution in [2.24, 2.45) is 4.99 Å². The molecule has 0 aromatic heterocycles. The quantitative estimate of drug-likeness (QED) is 0.391. The van der Waals surface area contributed by atoms with Gasteiger partial charge in [-0.1, -0.05) is 30.3 Å². The van der Waals surface area contributed by atoms with Crippen LogP contribution in [-0.2, 0) is 6.54 Å². The van der Waals surface area contributed by atoms with Crippen molar-refractivity contribution in [2.45, 2.75) is 25.9 Å². The third-order valence-electron chi connectivity index (χ3n) is 4.79. The van der Waals surface area contributed by atoms with Gasteiger partial charge in [-0.25, -0.2) is 0 Å². The number of para-hydroxylation sites is 1. The Kier molecular flexibility index (Phi) is 8.22. The highest BCUT2D eigenvalue weighted by atomic mass is 127. The molecule has 2 N–H and O–H groups in total. The van der Waals surface area contributed by atoms with Gasteiger partial charge >= 0.3 is 0 Å². The number of ether oxygens (including phenoxy) is 1. The summed E-state index contributed by atoms with van der Waals surface area (Å²) in [5.74, 6) is 1.77. The van der Waals surface area contributed by atoms with Gasteiger partial charge < -0.3 is 20.3 Å². The Morgan fingerprint density at radius 2 is 2.00 bits per heavy atom. The van der Waals surface area contributed by atoms with Crippen molar-refractivity contribution >= 4 is 35.6 Å². The number of methoxy groups -OCH3 is 1. The fraction of sp³-hybridized carbons (Fsp3) is 0.381. The molecule has 0 saturated carbocycles. The molecule has 1 unspecified atom stereocenters. The van der Waals surface area contributed by atoms with E-state index in [-0.39, 0.29) is 24.0 Å². The molecule has 0 amide bonds. The first kappa shape index (κ1) is 21.3. The maximum atomic E-state index is 5.32. The van der Waals surface area contributed by atoms with Gasteiger partial charge in [0.25, 0.3) is 0 Å². The Bertz CT molecular complexity index is 751. The number of aryl methyl sites for hydroxylation is 1. The number of hydrogen-bond acceptors (Lipinski definition) is 3. The molecule has 0 radical (unpaired) electrons. The van der Waals surface area contributed by atoms with Crippen LogP contribution in [0.4, 0.5) is 5.69 Å². The molecule has 3 rings (SSSR count). The molecular formula is C21H29IN4O. The second-order valence-corrected chi connectivity index (χ2v) is 6.64. The number of anilines is 1. The molecule has 6 heteroatoms. The van der Waals surface area contributed by atoms with Crippen LogP contribution in [0.3, 0.4) is 0 Å². The predicted molar refractivity (Wildman–Crippen MR) is 124 cm³/mol. The van der Waals surface area contributed by atoms with Gasteiger partial charge in [-0.3, -0.25) is 4.99 Å². The van der Waals surface area contributed by atoms with Gasteiger partial charge in [0.05, 0.1) is 7.11 Å². The van der Waals surface area contributed by atoms with Gasteiger partial charge in [0.1, 0.15) is 5.75 Å². The van der Waals surface area contributed by atoms with Crippen LogP contribution >= 0.6 is 24.0 Å². The molecule has 0 bridgehead atoms. The van der Waals surface area contributed by atoms with Crippen LogP contribution in [0.1, 0.15) is 17.5 Å². The van der Waals surface area contributed by atoms with Crippen molar-refractivity contribution in [1.82, 2.24) is 10.6 Å². The Labute approximate surface area is 179 Å². The first-order chi connectivity index (χ1) is 12.7. The molecule has 0 spiro atoms. The summed E-state index contributed by atoms with van der Waals surface area (Å²) in [5.41, 5.74) is 3.64. The summed E-state index contributed by atoms with van der Waals surface area (Å²) in [6.07, 6.45) is 1.11. The zero-order valence-electron chi connectivity index (χ0n) is 16.2. The second kappa shape index (κ2) is 10.4. The molecule has 1 atom stereocenters. The van der Waals surface area contributed by atoms with Crippen LogP contribution in [0.25, 0.3) is 0 Å². The van der Waals surface area contributed by atoms with Gasteiger partial charge in [0.2, 0.25) is 0 Å². The molecule has 2 aromatic carbocycles. The lowest BCUT2D eigenvalue weighted by Gasteiger charge is -2.20. The Balaban J connectivity index is 0.00000261. The third-order valence-corrected chi connectivity index (χ3v) is 4.79. The van der Waals surface area contributed by atoms with Gasteiger partial charge in [-0.2, -0.15) is 0 Å². The molecule has 146 valence electrons. The highest BCUT2D eigenvalue weighted by Crippen LogP contribution is 2.20. The van der Waals surface area contributed by atoms with Crippen molar-refractivity contribution in [3.63, 3.8) is 0 Å². The van der Waals surface area contributed by atoms with Crippen LogP contribution in [0, 0.1) is 6.92 Å². The van der Waals surface area contributed by atoms with Crippen LogP contribution in [0.5, 0.6) is 5.75 Å². The first-order valence-electron chi connectivity index (χ1n) is 9.10. The van der Waals surface area contributed by atoms with E-state index in [1.165, 1.54) is 11.3 Å². The fourth-order valence-electron chi connectivity index (χ4n) is 3.38. The fourth-order valence-corrected chi connectivity index (χ4v) is 3.38. The minimum atomic E-state index is 0. The molecule has 1 fully saturated rings. The van der Waals surface area contributed by atoms with Crippen LogP contribution in [-0.4, -0.2) is 39.2 Å². The normalized spacial score (nSPS) is 16.6. The lowest BCUT2D eigenvalue weighted by atomic mass is 10.1. The van der Waals surface area contributed by atoms with Crippen molar-refractivity contribution in [3.8, 4) is 5.75 Å². The van der Waals surface area contributed by atoms with E-state index in [1.54, 1.807) is 7.11 Å². The molecule has 1 saturated heterocycles. The van der Waals surface area contributed by atoms with Crippen molar-refractivity contribution in [1.29, 1.82) is 0 Å². The molecule has 2 aromatic rings. The molecule has 1 aliphatic rings. The van der Waals surface area contributed by atoms with Crippen molar-refractivity contribution in [3.05, 3.63) is 59.7 Å². The summed E-state index contributed by atoms with van der Waals surface area (Å²) in [6.45, 7) is 4.86. The maximum absolute atomic E-state index is 5.32. The van der Waals surface area contributed by atoms with E-state index in [1.807, 2.05) is 13.1 Å².